The van der Waals surface area contributed by atoms with Crippen molar-refractivity contribution in [3.05, 3.63) is 77.2 Å². The van der Waals surface area contributed by atoms with Gasteiger partial charge in [-0.05, 0) is 72.2 Å². The molecule has 1 unspecified atom stereocenters. The lowest BCUT2D eigenvalue weighted by molar-refractivity contribution is -0.137. The molecule has 37 heavy (non-hydrogen) atoms. The molecule has 1 aliphatic carbocycles. The van der Waals surface area contributed by atoms with Gasteiger partial charge in [-0.1, -0.05) is 12.1 Å². The number of carbonyl (C=O) groups is 1. The second-order valence-corrected chi connectivity index (χ2v) is 13.2. The Morgan fingerprint density at radius 3 is 2.59 bits per heavy atom. The minimum absolute atomic E-state index is 0.0855. The minimum Gasteiger partial charge on any atom is -0.351 e. The monoisotopic (exact) mass is 666 g/mol. The van der Waals surface area contributed by atoms with Gasteiger partial charge in [-0.15, -0.1) is 11.3 Å². The Kier molecular flexibility index (Phi) is 7.99. The molecule has 1 aromatic carbocycles. The first-order valence-electron chi connectivity index (χ1n) is 11.1. The van der Waals surface area contributed by atoms with Crippen LogP contribution in [0.15, 0.2) is 41.2 Å². The molecule has 0 fully saturated rings. The number of hydrogen-bond donors (Lipinski definition) is 2. The normalized spacial score (nSPS) is 15.8. The molecule has 0 radical (unpaired) electrons. The van der Waals surface area contributed by atoms with Crippen LogP contribution >= 0.6 is 33.9 Å². The number of aryl methyl sites for hydroxylation is 2. The van der Waals surface area contributed by atoms with E-state index in [4.69, 9.17) is 0 Å². The number of halogens is 4. The van der Waals surface area contributed by atoms with Crippen LogP contribution in [0.4, 0.5) is 18.9 Å². The van der Waals surface area contributed by atoms with Crippen molar-refractivity contribution in [1.29, 1.82) is 0 Å². The number of rotatable bonds is 7. The zero-order valence-electron chi connectivity index (χ0n) is 19.4. The Balaban J connectivity index is 1.43. The number of amides is 1. The van der Waals surface area contributed by atoms with E-state index in [0.29, 0.717) is 12.1 Å². The van der Waals surface area contributed by atoms with Crippen LogP contribution in [0.5, 0.6) is 0 Å². The van der Waals surface area contributed by atoms with Crippen molar-refractivity contribution in [3.8, 4) is 0 Å². The number of carbonyl (C=O) groups excluding carboxylic acids is 1. The highest BCUT2D eigenvalue weighted by Gasteiger charge is 2.30. The molecule has 0 aliphatic heterocycles. The molecule has 1 amide bonds. The number of nitrogens with zero attached hydrogens (tertiary/aromatic N) is 2. The van der Waals surface area contributed by atoms with Gasteiger partial charge in [0.15, 0.2) is 3.01 Å². The molecule has 0 saturated heterocycles. The highest BCUT2D eigenvalue weighted by molar-refractivity contribution is 14.1. The zero-order chi connectivity index (χ0) is 27.0. The molecule has 2 N–H and O–H groups in total. The van der Waals surface area contributed by atoms with Crippen LogP contribution in [-0.2, 0) is 46.1 Å². The fraction of sp³-hybridized carbons (Fsp3) is 0.348. The van der Waals surface area contributed by atoms with Gasteiger partial charge in [0.25, 0.3) is 5.56 Å². The largest absolute Gasteiger partial charge is 0.416 e. The Hall–Kier alpha value is -2.46. The van der Waals surface area contributed by atoms with Crippen molar-refractivity contribution in [1.82, 2.24) is 14.9 Å². The SMILES string of the molecule is Cc1ccc(NS(=O)(=O)Cc2ccc(C(F)(F)F)cc2)c(=O)n1CC(=O)NC1CCc2nc(I)sc2C1. The van der Waals surface area contributed by atoms with Crippen LogP contribution in [0, 0.1) is 9.94 Å². The van der Waals surface area contributed by atoms with Gasteiger partial charge in [-0.3, -0.25) is 14.3 Å². The topological polar surface area (TPSA) is 110 Å². The first-order valence-corrected chi connectivity index (χ1v) is 14.7. The summed E-state index contributed by atoms with van der Waals surface area (Å²) in [5.74, 6) is -0.998. The predicted molar refractivity (Wildman–Crippen MR) is 142 cm³/mol. The van der Waals surface area contributed by atoms with Crippen LogP contribution < -0.4 is 15.6 Å². The minimum atomic E-state index is -4.53. The molecule has 0 bridgehead atoms. The lowest BCUT2D eigenvalue weighted by Gasteiger charge is -2.23. The van der Waals surface area contributed by atoms with Crippen molar-refractivity contribution in [3.63, 3.8) is 0 Å². The summed E-state index contributed by atoms with van der Waals surface area (Å²) in [4.78, 5) is 31.3. The summed E-state index contributed by atoms with van der Waals surface area (Å²) in [6.45, 7) is 1.34. The van der Waals surface area contributed by atoms with Gasteiger partial charge in [0.05, 0.1) is 17.0 Å². The molecule has 2 heterocycles. The average molecular weight is 666 g/mol. The average Bonchev–Trinajstić information content (AvgIpc) is 3.17. The first-order chi connectivity index (χ1) is 17.3. The standard InChI is InChI=1S/C23H22F3IN4O4S2/c1-13-2-8-18(30-37(34,35)12-14-3-5-15(6-4-14)23(24,25)26)21(33)31(13)11-20(32)28-16-7-9-17-19(10-16)36-22(27)29-17/h2-6,8,16,30H,7,9-12H2,1H3,(H,28,32). The summed E-state index contributed by atoms with van der Waals surface area (Å²) in [7, 11) is -4.12. The fourth-order valence-electron chi connectivity index (χ4n) is 4.04. The molecule has 14 heteroatoms. The van der Waals surface area contributed by atoms with E-state index in [2.05, 4.69) is 37.6 Å². The second-order valence-electron chi connectivity index (χ2n) is 8.68. The van der Waals surface area contributed by atoms with Crippen LogP contribution in [0.3, 0.4) is 0 Å². The molecule has 3 aromatic rings. The van der Waals surface area contributed by atoms with Crippen molar-refractivity contribution >= 4 is 55.5 Å². The molecule has 0 saturated carbocycles. The number of nitrogens with one attached hydrogen (secondary N) is 2. The predicted octanol–water partition coefficient (Wildman–Crippen LogP) is 3.85. The van der Waals surface area contributed by atoms with Crippen LogP contribution in [-0.4, -0.2) is 29.9 Å². The van der Waals surface area contributed by atoms with Crippen molar-refractivity contribution in [2.24, 2.45) is 0 Å². The van der Waals surface area contributed by atoms with Gasteiger partial charge in [-0.2, -0.15) is 13.2 Å². The summed E-state index contributed by atoms with van der Waals surface area (Å²) >= 11 is 3.76. The Labute approximate surface area is 228 Å². The summed E-state index contributed by atoms with van der Waals surface area (Å²) in [5.41, 5.74) is -0.201. The molecule has 1 atom stereocenters. The molecular formula is C23H22F3IN4O4S2. The number of thiazole rings is 1. The lowest BCUT2D eigenvalue weighted by Crippen LogP contribution is -2.42. The first kappa shape index (κ1) is 27.6. The van der Waals surface area contributed by atoms with Gasteiger partial charge in [0.2, 0.25) is 15.9 Å². The van der Waals surface area contributed by atoms with Crippen LogP contribution in [0.25, 0.3) is 0 Å². The summed E-state index contributed by atoms with van der Waals surface area (Å²) in [6, 6.07) is 6.46. The van der Waals surface area contributed by atoms with E-state index >= 15 is 0 Å². The maximum Gasteiger partial charge on any atom is 0.416 e. The summed E-state index contributed by atoms with van der Waals surface area (Å²) in [6.07, 6.45) is -2.38. The van der Waals surface area contributed by atoms with E-state index in [-0.39, 0.29) is 29.7 Å². The van der Waals surface area contributed by atoms with Gasteiger partial charge in [-0.25, -0.2) is 13.4 Å². The third-order valence-electron chi connectivity index (χ3n) is 5.88. The maximum absolute atomic E-state index is 13.0. The molecule has 4 rings (SSSR count). The lowest BCUT2D eigenvalue weighted by atomic mass is 9.98. The number of alkyl halides is 3. The number of pyridine rings is 1. The second kappa shape index (κ2) is 10.7. The molecular weight excluding hydrogens is 644 g/mol. The van der Waals surface area contributed by atoms with Gasteiger partial charge < -0.3 is 9.88 Å². The van der Waals surface area contributed by atoms with E-state index < -0.39 is 33.1 Å². The van der Waals surface area contributed by atoms with E-state index in [1.165, 1.54) is 16.7 Å². The quantitative estimate of drug-likeness (QED) is 0.373. The third-order valence-corrected chi connectivity index (χ3v) is 8.93. The van der Waals surface area contributed by atoms with E-state index in [1.54, 1.807) is 18.3 Å². The number of hydrogen-bond acceptors (Lipinski definition) is 6. The van der Waals surface area contributed by atoms with Gasteiger partial charge in [0, 0.05) is 23.0 Å². The van der Waals surface area contributed by atoms with Crippen molar-refractivity contribution < 1.29 is 26.4 Å². The molecule has 0 spiro atoms. The Morgan fingerprint density at radius 2 is 1.92 bits per heavy atom. The van der Waals surface area contributed by atoms with Gasteiger partial charge >= 0.3 is 6.18 Å². The van der Waals surface area contributed by atoms with E-state index in [1.807, 2.05) is 0 Å². The van der Waals surface area contributed by atoms with Crippen LogP contribution in [0.1, 0.15) is 33.8 Å². The summed E-state index contributed by atoms with van der Waals surface area (Å²) < 4.78 is 67.8. The Bertz CT molecular complexity index is 1490. The van der Waals surface area contributed by atoms with Crippen LogP contribution in [0.2, 0.25) is 0 Å². The van der Waals surface area contributed by atoms with E-state index in [9.17, 15) is 31.2 Å². The maximum atomic E-state index is 13.0. The molecule has 1 aliphatic rings. The summed E-state index contributed by atoms with van der Waals surface area (Å²) in [5, 5.41) is 2.95. The van der Waals surface area contributed by atoms with Crippen molar-refractivity contribution in [2.75, 3.05) is 4.72 Å². The Morgan fingerprint density at radius 1 is 1.22 bits per heavy atom. The highest BCUT2D eigenvalue weighted by atomic mass is 127. The number of fused-ring (bicyclic) bond motifs is 1. The van der Waals surface area contributed by atoms with Gasteiger partial charge in [0.1, 0.15) is 12.2 Å². The number of anilines is 1. The molecule has 8 nitrogen and oxygen atoms in total. The fourth-order valence-corrected chi connectivity index (χ4v) is 7.23. The zero-order valence-corrected chi connectivity index (χ0v) is 23.2. The van der Waals surface area contributed by atoms with Crippen molar-refractivity contribution in [2.45, 2.75) is 50.7 Å². The number of aromatic nitrogens is 2. The number of benzene rings is 1. The number of sulfonamides is 1. The molecule has 2 aromatic heterocycles. The highest BCUT2D eigenvalue weighted by Crippen LogP contribution is 2.29. The van der Waals surface area contributed by atoms with E-state index in [0.717, 1.165) is 50.7 Å². The third kappa shape index (κ3) is 6.90. The molecule has 198 valence electrons. The smallest absolute Gasteiger partial charge is 0.351 e.